The molecule has 0 aliphatic rings. The molecule has 0 heterocycles. The van der Waals surface area contributed by atoms with E-state index in [0.29, 0.717) is 36.1 Å². The molecule has 1 N–H and O–H groups in total. The van der Waals surface area contributed by atoms with Crippen molar-refractivity contribution in [1.29, 1.82) is 0 Å². The Kier molecular flexibility index (Phi) is 8.61. The van der Waals surface area contributed by atoms with Crippen LogP contribution >= 0.6 is 15.9 Å². The summed E-state index contributed by atoms with van der Waals surface area (Å²) in [7, 11) is 0. The van der Waals surface area contributed by atoms with Crippen LogP contribution in [0.1, 0.15) is 13.8 Å². The summed E-state index contributed by atoms with van der Waals surface area (Å²) in [6.07, 6.45) is 0. The summed E-state index contributed by atoms with van der Waals surface area (Å²) in [6.45, 7) is 3.99. The number of amides is 1. The molecule has 7 nitrogen and oxygen atoms in total. The fourth-order valence-corrected chi connectivity index (χ4v) is 2.59. The van der Waals surface area contributed by atoms with Gasteiger partial charge in [-0.05, 0) is 44.2 Å². The van der Waals surface area contributed by atoms with Crippen LogP contribution in [0.3, 0.4) is 0 Å². The van der Waals surface area contributed by atoms with Gasteiger partial charge in [0.15, 0.2) is 24.7 Å². The molecule has 0 atom stereocenters. The molecule has 2 aromatic rings. The Morgan fingerprint density at radius 2 is 1.68 bits per heavy atom. The van der Waals surface area contributed by atoms with Crippen molar-refractivity contribution in [2.24, 2.45) is 0 Å². The number of hydrogen-bond acceptors (Lipinski definition) is 6. The predicted octanol–water partition coefficient (Wildman–Crippen LogP) is 3.81. The van der Waals surface area contributed by atoms with E-state index in [-0.39, 0.29) is 6.61 Å². The van der Waals surface area contributed by atoms with E-state index < -0.39 is 18.5 Å². The highest BCUT2D eigenvalue weighted by Gasteiger charge is 2.11. The van der Waals surface area contributed by atoms with Gasteiger partial charge in [-0.25, -0.2) is 4.79 Å². The third-order valence-electron chi connectivity index (χ3n) is 3.34. The smallest absolute Gasteiger partial charge is 0.344 e. The largest absolute Gasteiger partial charge is 0.490 e. The minimum Gasteiger partial charge on any atom is -0.490 e. The van der Waals surface area contributed by atoms with E-state index in [9.17, 15) is 9.59 Å². The number of anilines is 1. The average molecular weight is 452 g/mol. The molecule has 0 saturated heterocycles. The molecule has 0 aliphatic heterocycles. The Labute approximate surface area is 172 Å². The van der Waals surface area contributed by atoms with Crippen molar-refractivity contribution < 1.29 is 28.5 Å². The van der Waals surface area contributed by atoms with Crippen molar-refractivity contribution in [3.63, 3.8) is 0 Å². The first-order valence-electron chi connectivity index (χ1n) is 8.75. The molecule has 0 fully saturated rings. The highest BCUT2D eigenvalue weighted by atomic mass is 79.9. The first-order valence-corrected chi connectivity index (χ1v) is 9.54. The van der Waals surface area contributed by atoms with Crippen LogP contribution < -0.4 is 19.5 Å². The van der Waals surface area contributed by atoms with Gasteiger partial charge in [-0.2, -0.15) is 0 Å². The van der Waals surface area contributed by atoms with Crippen molar-refractivity contribution in [3.8, 4) is 17.2 Å². The third kappa shape index (κ3) is 7.11. The lowest BCUT2D eigenvalue weighted by Gasteiger charge is -2.13. The molecule has 28 heavy (non-hydrogen) atoms. The second-order valence-electron chi connectivity index (χ2n) is 5.48. The molecule has 0 aromatic heterocycles. The summed E-state index contributed by atoms with van der Waals surface area (Å²) in [5, 5.41) is 2.65. The SMILES string of the molecule is CCOc1ccc(NC(=O)COC(=O)COc2cccc(Br)c2)cc1OCC. The molecular formula is C20H22BrNO6. The Morgan fingerprint density at radius 3 is 2.39 bits per heavy atom. The van der Waals surface area contributed by atoms with Crippen LogP contribution in [0.4, 0.5) is 5.69 Å². The Balaban J connectivity index is 1.81. The summed E-state index contributed by atoms with van der Waals surface area (Å²) in [5.74, 6) is 0.535. The highest BCUT2D eigenvalue weighted by Crippen LogP contribution is 2.30. The fourth-order valence-electron chi connectivity index (χ4n) is 2.21. The molecule has 2 rings (SSSR count). The van der Waals surface area contributed by atoms with Gasteiger partial charge in [0, 0.05) is 16.2 Å². The van der Waals surface area contributed by atoms with E-state index in [2.05, 4.69) is 21.2 Å². The number of halogens is 1. The second-order valence-corrected chi connectivity index (χ2v) is 6.40. The van der Waals surface area contributed by atoms with Gasteiger partial charge in [-0.1, -0.05) is 22.0 Å². The zero-order chi connectivity index (χ0) is 20.4. The predicted molar refractivity (Wildman–Crippen MR) is 108 cm³/mol. The first kappa shape index (κ1) is 21.6. The van der Waals surface area contributed by atoms with Gasteiger partial charge >= 0.3 is 5.97 Å². The molecule has 0 bridgehead atoms. The normalized spacial score (nSPS) is 10.1. The number of benzene rings is 2. The molecule has 0 unspecified atom stereocenters. The van der Waals surface area contributed by atoms with Crippen LogP contribution in [0.25, 0.3) is 0 Å². The van der Waals surface area contributed by atoms with Crippen LogP contribution in [0.5, 0.6) is 17.2 Å². The van der Waals surface area contributed by atoms with E-state index in [1.165, 1.54) is 0 Å². The van der Waals surface area contributed by atoms with Crippen molar-refractivity contribution in [1.82, 2.24) is 0 Å². The van der Waals surface area contributed by atoms with Gasteiger partial charge in [-0.15, -0.1) is 0 Å². The highest BCUT2D eigenvalue weighted by molar-refractivity contribution is 9.10. The number of carbonyl (C=O) groups excluding carboxylic acids is 2. The lowest BCUT2D eigenvalue weighted by molar-refractivity contribution is -0.149. The van der Waals surface area contributed by atoms with Gasteiger partial charge in [0.05, 0.1) is 13.2 Å². The summed E-state index contributed by atoms with van der Waals surface area (Å²) in [4.78, 5) is 23.7. The van der Waals surface area contributed by atoms with Crippen molar-refractivity contribution in [2.75, 3.05) is 31.7 Å². The molecule has 0 aliphatic carbocycles. The van der Waals surface area contributed by atoms with Gasteiger partial charge in [0.2, 0.25) is 0 Å². The van der Waals surface area contributed by atoms with Crippen LogP contribution in [0, 0.1) is 0 Å². The van der Waals surface area contributed by atoms with Gasteiger partial charge in [0.25, 0.3) is 5.91 Å². The maximum absolute atomic E-state index is 12.0. The number of hydrogen-bond donors (Lipinski definition) is 1. The maximum atomic E-state index is 12.0. The summed E-state index contributed by atoms with van der Waals surface area (Å²) in [6, 6.07) is 12.1. The molecule has 0 spiro atoms. The summed E-state index contributed by atoms with van der Waals surface area (Å²) < 4.78 is 22.1. The Bertz CT molecular complexity index is 811. The molecule has 0 saturated carbocycles. The average Bonchev–Trinajstić information content (AvgIpc) is 2.67. The van der Waals surface area contributed by atoms with E-state index in [1.807, 2.05) is 19.9 Å². The summed E-state index contributed by atoms with van der Waals surface area (Å²) in [5.41, 5.74) is 0.512. The first-order chi connectivity index (χ1) is 13.5. The third-order valence-corrected chi connectivity index (χ3v) is 3.84. The molecule has 8 heteroatoms. The minimum absolute atomic E-state index is 0.290. The minimum atomic E-state index is -0.642. The lowest BCUT2D eigenvalue weighted by Crippen LogP contribution is -2.23. The molecule has 2 aromatic carbocycles. The van der Waals surface area contributed by atoms with E-state index in [1.54, 1.807) is 36.4 Å². The van der Waals surface area contributed by atoms with E-state index in [0.717, 1.165) is 4.47 Å². The standard InChI is InChI=1S/C20H22BrNO6/c1-3-25-17-9-8-15(11-18(17)26-4-2)22-19(23)12-28-20(24)13-27-16-7-5-6-14(21)10-16/h5-11H,3-4,12-13H2,1-2H3,(H,22,23). The van der Waals surface area contributed by atoms with Gasteiger partial charge in [0.1, 0.15) is 5.75 Å². The van der Waals surface area contributed by atoms with Crippen molar-refractivity contribution in [3.05, 3.63) is 46.9 Å². The lowest BCUT2D eigenvalue weighted by atomic mass is 10.2. The number of nitrogens with one attached hydrogen (secondary N) is 1. The number of ether oxygens (including phenoxy) is 4. The monoisotopic (exact) mass is 451 g/mol. The zero-order valence-corrected chi connectivity index (χ0v) is 17.3. The van der Waals surface area contributed by atoms with E-state index >= 15 is 0 Å². The quantitative estimate of drug-likeness (QED) is 0.553. The number of esters is 1. The van der Waals surface area contributed by atoms with Crippen LogP contribution in [-0.2, 0) is 14.3 Å². The molecule has 1 amide bonds. The molecular weight excluding hydrogens is 430 g/mol. The maximum Gasteiger partial charge on any atom is 0.344 e. The van der Waals surface area contributed by atoms with Crippen LogP contribution in [-0.4, -0.2) is 38.3 Å². The Morgan fingerprint density at radius 1 is 0.929 bits per heavy atom. The molecule has 150 valence electrons. The fraction of sp³-hybridized carbons (Fsp3) is 0.300. The van der Waals surface area contributed by atoms with E-state index in [4.69, 9.17) is 18.9 Å². The second kappa shape index (κ2) is 11.2. The van der Waals surface area contributed by atoms with Gasteiger partial charge in [-0.3, -0.25) is 4.79 Å². The van der Waals surface area contributed by atoms with Crippen LogP contribution in [0.2, 0.25) is 0 Å². The summed E-state index contributed by atoms with van der Waals surface area (Å²) >= 11 is 3.31. The molecule has 0 radical (unpaired) electrons. The number of rotatable bonds is 10. The number of carbonyl (C=O) groups is 2. The van der Waals surface area contributed by atoms with Crippen LogP contribution in [0.15, 0.2) is 46.9 Å². The van der Waals surface area contributed by atoms with Crippen molar-refractivity contribution in [2.45, 2.75) is 13.8 Å². The topological polar surface area (TPSA) is 83.1 Å². The van der Waals surface area contributed by atoms with Crippen molar-refractivity contribution >= 4 is 33.5 Å². The van der Waals surface area contributed by atoms with Gasteiger partial charge < -0.3 is 24.3 Å². The zero-order valence-electron chi connectivity index (χ0n) is 15.7. The Hall–Kier alpha value is -2.74.